The van der Waals surface area contributed by atoms with Gasteiger partial charge in [0.25, 0.3) is 5.91 Å². The molecule has 2 aromatic rings. The van der Waals surface area contributed by atoms with Gasteiger partial charge in [0.15, 0.2) is 6.61 Å². The highest BCUT2D eigenvalue weighted by Crippen LogP contribution is 2.27. The van der Waals surface area contributed by atoms with E-state index in [0.717, 1.165) is 4.47 Å². The zero-order valence-electron chi connectivity index (χ0n) is 17.3. The maximum Gasteiger partial charge on any atom is 0.261 e. The summed E-state index contributed by atoms with van der Waals surface area (Å²) in [6.45, 7) is 7.17. The Morgan fingerprint density at radius 3 is 2.20 bits per heavy atom. The molecule has 162 valence electrons. The van der Waals surface area contributed by atoms with Crippen molar-refractivity contribution in [1.29, 1.82) is 0 Å². The number of amides is 2. The molecule has 0 spiro atoms. The summed E-state index contributed by atoms with van der Waals surface area (Å²) in [6, 6.07) is 11.5. The van der Waals surface area contributed by atoms with Crippen LogP contribution in [0, 0.1) is 0 Å². The number of rotatable bonds is 7. The fraction of sp³-hybridized carbons (Fsp3) is 0.364. The van der Waals surface area contributed by atoms with Crippen LogP contribution < -0.4 is 10.1 Å². The maximum absolute atomic E-state index is 13.0. The quantitative estimate of drug-likeness (QED) is 0.532. The van der Waals surface area contributed by atoms with Crippen molar-refractivity contribution >= 4 is 50.9 Å². The summed E-state index contributed by atoms with van der Waals surface area (Å²) < 4.78 is 6.53. The predicted molar refractivity (Wildman–Crippen MR) is 124 cm³/mol. The lowest BCUT2D eigenvalue weighted by Gasteiger charge is -2.31. The molecular weight excluding hydrogens is 491 g/mol. The second kappa shape index (κ2) is 10.5. The summed E-state index contributed by atoms with van der Waals surface area (Å²) in [4.78, 5) is 27.2. The molecule has 0 saturated heterocycles. The van der Waals surface area contributed by atoms with Crippen molar-refractivity contribution in [2.45, 2.75) is 45.8 Å². The van der Waals surface area contributed by atoms with Gasteiger partial charge in [-0.2, -0.15) is 0 Å². The predicted octanol–water partition coefficient (Wildman–Crippen LogP) is 5.47. The molecule has 0 aliphatic heterocycles. The van der Waals surface area contributed by atoms with Gasteiger partial charge in [0.05, 0.1) is 0 Å². The van der Waals surface area contributed by atoms with E-state index in [4.69, 9.17) is 27.9 Å². The van der Waals surface area contributed by atoms with Gasteiger partial charge in [0.2, 0.25) is 5.91 Å². The fourth-order valence-corrected chi connectivity index (χ4v) is 3.45. The molecule has 8 heteroatoms. The molecule has 0 aliphatic carbocycles. The fourth-order valence-electron chi connectivity index (χ4n) is 2.67. The molecule has 2 aromatic carbocycles. The van der Waals surface area contributed by atoms with Crippen molar-refractivity contribution in [3.63, 3.8) is 0 Å². The van der Waals surface area contributed by atoms with E-state index in [1.54, 1.807) is 37.3 Å². The molecular formula is C22H25BrCl2N2O3. The number of hydrogen-bond acceptors (Lipinski definition) is 3. The van der Waals surface area contributed by atoms with Crippen LogP contribution in [0.2, 0.25) is 10.0 Å². The number of carbonyl (C=O) groups is 2. The average Bonchev–Trinajstić information content (AvgIpc) is 2.65. The first-order chi connectivity index (χ1) is 14.0. The summed E-state index contributed by atoms with van der Waals surface area (Å²) in [6.07, 6.45) is 0. The lowest BCUT2D eigenvalue weighted by atomic mass is 10.1. The highest BCUT2D eigenvalue weighted by Gasteiger charge is 2.29. The number of nitrogens with one attached hydrogen (secondary N) is 1. The Balaban J connectivity index is 2.23. The van der Waals surface area contributed by atoms with Gasteiger partial charge in [-0.1, -0.05) is 45.2 Å². The smallest absolute Gasteiger partial charge is 0.261 e. The van der Waals surface area contributed by atoms with Gasteiger partial charge in [-0.3, -0.25) is 9.59 Å². The van der Waals surface area contributed by atoms with Crippen LogP contribution in [0.25, 0.3) is 0 Å². The molecule has 1 atom stereocenters. The van der Waals surface area contributed by atoms with E-state index in [1.165, 1.54) is 4.90 Å². The van der Waals surface area contributed by atoms with Crippen molar-refractivity contribution in [1.82, 2.24) is 10.2 Å². The van der Waals surface area contributed by atoms with Gasteiger partial charge >= 0.3 is 0 Å². The monoisotopic (exact) mass is 514 g/mol. The Morgan fingerprint density at radius 1 is 1.10 bits per heavy atom. The Bertz CT molecular complexity index is 878. The Hall–Kier alpha value is -1.76. The number of benzene rings is 2. The molecule has 0 unspecified atom stereocenters. The SMILES string of the molecule is C[C@@H](C(=O)NC(C)(C)C)N(Cc1c(Cl)cccc1Cl)C(=O)COc1ccc(Br)cc1. The highest BCUT2D eigenvalue weighted by molar-refractivity contribution is 9.10. The Kier molecular flexibility index (Phi) is 8.59. The van der Waals surface area contributed by atoms with Crippen LogP contribution in [0.5, 0.6) is 5.75 Å². The highest BCUT2D eigenvalue weighted by atomic mass is 79.9. The summed E-state index contributed by atoms with van der Waals surface area (Å²) in [7, 11) is 0. The van der Waals surface area contributed by atoms with Gasteiger partial charge in [0.1, 0.15) is 11.8 Å². The number of hydrogen-bond donors (Lipinski definition) is 1. The average molecular weight is 516 g/mol. The molecule has 0 fully saturated rings. The molecule has 0 radical (unpaired) electrons. The minimum absolute atomic E-state index is 0.0831. The number of nitrogens with zero attached hydrogens (tertiary/aromatic N) is 1. The summed E-state index contributed by atoms with van der Waals surface area (Å²) in [5.74, 6) is -0.0813. The van der Waals surface area contributed by atoms with E-state index in [0.29, 0.717) is 21.4 Å². The molecule has 0 bridgehead atoms. The largest absolute Gasteiger partial charge is 0.484 e. The third-order valence-electron chi connectivity index (χ3n) is 4.23. The molecule has 0 aromatic heterocycles. The van der Waals surface area contributed by atoms with E-state index in [-0.39, 0.29) is 25.0 Å². The van der Waals surface area contributed by atoms with E-state index >= 15 is 0 Å². The lowest BCUT2D eigenvalue weighted by Crippen LogP contribution is -2.53. The Morgan fingerprint density at radius 2 is 1.67 bits per heavy atom. The van der Waals surface area contributed by atoms with Crippen LogP contribution in [0.3, 0.4) is 0 Å². The maximum atomic E-state index is 13.0. The van der Waals surface area contributed by atoms with Crippen molar-refractivity contribution < 1.29 is 14.3 Å². The van der Waals surface area contributed by atoms with E-state index < -0.39 is 11.6 Å². The number of ether oxygens (including phenoxy) is 1. The van der Waals surface area contributed by atoms with Gasteiger partial charge in [-0.25, -0.2) is 0 Å². The first kappa shape index (κ1) is 24.5. The Labute approximate surface area is 195 Å². The number of halogens is 3. The topological polar surface area (TPSA) is 58.6 Å². The molecule has 5 nitrogen and oxygen atoms in total. The van der Waals surface area contributed by atoms with E-state index in [1.807, 2.05) is 32.9 Å². The normalized spacial score (nSPS) is 12.2. The van der Waals surface area contributed by atoms with Crippen molar-refractivity contribution in [3.05, 3.63) is 62.5 Å². The molecule has 0 saturated carbocycles. The minimum Gasteiger partial charge on any atom is -0.484 e. The molecule has 0 heterocycles. The summed E-state index contributed by atoms with van der Waals surface area (Å²) in [5, 5.41) is 3.76. The zero-order chi connectivity index (χ0) is 22.5. The van der Waals surface area contributed by atoms with Gasteiger partial charge in [-0.05, 0) is 64.1 Å². The molecule has 30 heavy (non-hydrogen) atoms. The lowest BCUT2D eigenvalue weighted by molar-refractivity contribution is -0.142. The van der Waals surface area contributed by atoms with Crippen molar-refractivity contribution in [2.75, 3.05) is 6.61 Å². The van der Waals surface area contributed by atoms with Crippen LogP contribution >= 0.6 is 39.1 Å². The molecule has 1 N–H and O–H groups in total. The minimum atomic E-state index is -0.752. The first-order valence-corrected chi connectivity index (χ1v) is 11.0. The number of carbonyl (C=O) groups excluding carboxylic acids is 2. The summed E-state index contributed by atoms with van der Waals surface area (Å²) in [5.41, 5.74) is 0.143. The molecule has 2 amide bonds. The van der Waals surface area contributed by atoms with Crippen LogP contribution in [-0.4, -0.2) is 34.9 Å². The molecule has 2 rings (SSSR count). The van der Waals surface area contributed by atoms with Gasteiger partial charge in [0, 0.05) is 32.2 Å². The molecule has 0 aliphatic rings. The van der Waals surface area contributed by atoms with Crippen LogP contribution in [0.4, 0.5) is 0 Å². The van der Waals surface area contributed by atoms with Crippen molar-refractivity contribution in [3.8, 4) is 5.75 Å². The van der Waals surface area contributed by atoms with Crippen LogP contribution in [-0.2, 0) is 16.1 Å². The third kappa shape index (κ3) is 7.18. The zero-order valence-corrected chi connectivity index (χ0v) is 20.4. The third-order valence-corrected chi connectivity index (χ3v) is 5.47. The van der Waals surface area contributed by atoms with Crippen molar-refractivity contribution in [2.24, 2.45) is 0 Å². The second-order valence-electron chi connectivity index (χ2n) is 7.88. The van der Waals surface area contributed by atoms with E-state index in [9.17, 15) is 9.59 Å². The van der Waals surface area contributed by atoms with Crippen LogP contribution in [0.1, 0.15) is 33.3 Å². The summed E-state index contributed by atoms with van der Waals surface area (Å²) >= 11 is 16.0. The van der Waals surface area contributed by atoms with E-state index in [2.05, 4.69) is 21.2 Å². The second-order valence-corrected chi connectivity index (χ2v) is 9.61. The standard InChI is InChI=1S/C22H25BrCl2N2O3/c1-14(21(29)26-22(2,3)4)27(12-17-18(24)6-5-7-19(17)25)20(28)13-30-16-10-8-15(23)9-11-16/h5-11,14H,12-13H2,1-4H3,(H,26,29)/t14-/m0/s1. The first-order valence-electron chi connectivity index (χ1n) is 9.40. The van der Waals surface area contributed by atoms with Gasteiger partial charge in [-0.15, -0.1) is 0 Å². The van der Waals surface area contributed by atoms with Crippen LogP contribution in [0.15, 0.2) is 46.9 Å². The van der Waals surface area contributed by atoms with Gasteiger partial charge < -0.3 is 15.0 Å².